The molecule has 39 heavy (non-hydrogen) atoms. The zero-order chi connectivity index (χ0) is 27.8. The van der Waals surface area contributed by atoms with Crippen molar-refractivity contribution in [2.24, 2.45) is 27.6 Å². The average Bonchev–Trinajstić information content (AvgIpc) is 3.04. The fraction of sp³-hybridized carbons (Fsp3) is 0.514. The molecular weight excluding hydrogens is 614 g/mol. The standard InChI is InChI=1S/C14H23NO.C12H11Ge.C9H13.Zr/c1-11-4-12(2)6-13(3,5-11)9-14(7-11,8-12)10(15)16;1-3-7-11(8-4-1)13-12-9-5-2-6-10-12;1-6-5-7(2)9(4)8(6)3;/h4-9H2,1-3H3,(H2,15,16);1-10,13H;6H,1-4H3;/q;;;+1/p-1. The van der Waals surface area contributed by atoms with Crippen LogP contribution >= 0.6 is 0 Å². The van der Waals surface area contributed by atoms with E-state index in [9.17, 15) is 4.79 Å². The van der Waals surface area contributed by atoms with Gasteiger partial charge in [0.1, 0.15) is 0 Å². The Bertz CT molecular complexity index is 1270. The van der Waals surface area contributed by atoms with Crippen LogP contribution in [0.5, 0.6) is 0 Å². The zero-order valence-electron chi connectivity index (χ0n) is 25.1. The molecular formula is C35H46GeNOZr. The van der Waals surface area contributed by atoms with Crippen molar-refractivity contribution in [2.45, 2.75) is 87.0 Å². The molecule has 5 aliphatic rings. The molecule has 0 radical (unpaired) electrons. The van der Waals surface area contributed by atoms with Crippen LogP contribution in [0.2, 0.25) is 0 Å². The van der Waals surface area contributed by atoms with Crippen LogP contribution in [-0.4, -0.2) is 16.5 Å². The van der Waals surface area contributed by atoms with Gasteiger partial charge in [0.15, 0.2) is 0 Å². The Morgan fingerprint density at radius 3 is 1.56 bits per heavy atom. The Morgan fingerprint density at radius 1 is 0.744 bits per heavy atom. The third kappa shape index (κ3) is 4.76. The Balaban J connectivity index is 1.47. The molecule has 205 valence electrons. The Morgan fingerprint density at radius 2 is 1.18 bits per heavy atom. The van der Waals surface area contributed by atoms with Gasteiger partial charge in [0, 0.05) is 0 Å². The summed E-state index contributed by atoms with van der Waals surface area (Å²) in [4.78, 5) is 15.0. The first-order chi connectivity index (χ1) is 18.4. The summed E-state index contributed by atoms with van der Waals surface area (Å²) < 4.78 is 8.87. The molecule has 0 aromatic heterocycles. The second-order valence-corrected chi connectivity index (χ2v) is 38.1. The van der Waals surface area contributed by atoms with E-state index in [-0.39, 0.29) is 5.41 Å². The van der Waals surface area contributed by atoms with Gasteiger partial charge in [-0.1, -0.05) is 0 Å². The van der Waals surface area contributed by atoms with Crippen LogP contribution < -0.4 is 12.1 Å². The van der Waals surface area contributed by atoms with Crippen molar-refractivity contribution in [3.63, 3.8) is 0 Å². The van der Waals surface area contributed by atoms with Gasteiger partial charge in [-0.25, -0.2) is 0 Å². The number of hydrogen-bond donors (Lipinski definition) is 1. The number of carbonyl (C=O) groups is 1. The molecule has 0 spiro atoms. The predicted molar refractivity (Wildman–Crippen MR) is 162 cm³/mol. The average molecular weight is 661 g/mol. The molecule has 2 aromatic carbocycles. The van der Waals surface area contributed by atoms with E-state index in [2.05, 4.69) is 112 Å². The molecule has 1 atom stereocenters. The van der Waals surface area contributed by atoms with E-state index in [1.165, 1.54) is 44.8 Å². The molecule has 5 aliphatic carbocycles. The molecule has 4 heteroatoms. The second-order valence-electron chi connectivity index (χ2n) is 15.0. The van der Waals surface area contributed by atoms with Gasteiger partial charge in [0.05, 0.1) is 0 Å². The maximum absolute atomic E-state index is 15.0. The summed E-state index contributed by atoms with van der Waals surface area (Å²) in [6, 6.07) is 22.7. The molecule has 1 amide bonds. The van der Waals surface area contributed by atoms with Crippen molar-refractivity contribution < 1.29 is 24.3 Å². The molecule has 1 N–H and O–H groups in total. The van der Waals surface area contributed by atoms with Crippen molar-refractivity contribution in [2.75, 3.05) is 0 Å². The predicted octanol–water partition coefficient (Wildman–Crippen LogP) is 6.82. The van der Waals surface area contributed by atoms with Crippen LogP contribution in [0.25, 0.3) is 0 Å². The Hall–Kier alpha value is -1.18. The van der Waals surface area contributed by atoms with Gasteiger partial charge in [-0.15, -0.1) is 0 Å². The molecule has 0 aliphatic heterocycles. The SMILES string of the molecule is CC1=C(C)C(C)[C]([Zr]([NH]C(=O)C23CC4(C)CC(C)(CC(C)(C4)C2)C3)[GeH]([c]2ccccc2)[c]2ccccc2)=C1C. The number of amides is 1. The van der Waals surface area contributed by atoms with Crippen LogP contribution in [0.3, 0.4) is 0 Å². The van der Waals surface area contributed by atoms with Crippen LogP contribution in [0, 0.1) is 27.6 Å². The topological polar surface area (TPSA) is 29.1 Å². The van der Waals surface area contributed by atoms with Gasteiger partial charge in [-0.05, 0) is 0 Å². The summed E-state index contributed by atoms with van der Waals surface area (Å²) in [5.41, 5.74) is 5.21. The summed E-state index contributed by atoms with van der Waals surface area (Å²) in [5.74, 6) is 0.890. The van der Waals surface area contributed by atoms with E-state index in [1.54, 1.807) is 3.28 Å². The third-order valence-corrected chi connectivity index (χ3v) is 42.9. The summed E-state index contributed by atoms with van der Waals surface area (Å²) >= 11 is -2.70. The summed E-state index contributed by atoms with van der Waals surface area (Å²) in [7, 11) is -2.35. The number of carbonyl (C=O) groups excluding carboxylic acids is 1. The van der Waals surface area contributed by atoms with E-state index < -0.39 is 30.1 Å². The van der Waals surface area contributed by atoms with Gasteiger partial charge < -0.3 is 0 Å². The van der Waals surface area contributed by atoms with Crippen LogP contribution in [0.15, 0.2) is 80.7 Å². The van der Waals surface area contributed by atoms with E-state index in [4.69, 9.17) is 0 Å². The number of rotatable bonds is 6. The van der Waals surface area contributed by atoms with E-state index in [0.29, 0.717) is 28.1 Å². The first-order valence-electron chi connectivity index (χ1n) is 15.0. The number of nitrogens with one attached hydrogen (secondary N) is 1. The zero-order valence-corrected chi connectivity index (χ0v) is 30.0. The molecule has 1 unspecified atom stereocenters. The van der Waals surface area contributed by atoms with Crippen molar-refractivity contribution in [3.8, 4) is 0 Å². The molecule has 2 nitrogen and oxygen atoms in total. The Kier molecular flexibility index (Phi) is 6.95. The minimum atomic E-state index is -2.70. The van der Waals surface area contributed by atoms with Gasteiger partial charge >= 0.3 is 248 Å². The fourth-order valence-corrected chi connectivity index (χ4v) is 47.8. The van der Waals surface area contributed by atoms with E-state index in [0.717, 1.165) is 19.3 Å². The van der Waals surface area contributed by atoms with Crippen LogP contribution in [0.4, 0.5) is 0 Å². The molecule has 0 heterocycles. The molecule has 0 saturated heterocycles. The van der Waals surface area contributed by atoms with Gasteiger partial charge in [0.25, 0.3) is 0 Å². The number of benzene rings is 2. The van der Waals surface area contributed by atoms with Gasteiger partial charge in [-0.3, -0.25) is 0 Å². The summed E-state index contributed by atoms with van der Waals surface area (Å²) in [6.07, 6.45) is 7.17. The minimum absolute atomic E-state index is 0.188. The van der Waals surface area contributed by atoms with E-state index in [1.807, 2.05) is 0 Å². The molecule has 4 saturated carbocycles. The first kappa shape index (κ1) is 28.0. The van der Waals surface area contributed by atoms with Gasteiger partial charge in [0.2, 0.25) is 0 Å². The normalized spacial score (nSPS) is 35.2. The summed E-state index contributed by atoms with van der Waals surface area (Å²) in [6.45, 7) is 16.9. The van der Waals surface area contributed by atoms with Crippen molar-refractivity contribution in [1.82, 2.24) is 3.26 Å². The molecule has 4 fully saturated rings. The first-order valence-corrected chi connectivity index (χ1v) is 28.5. The fourth-order valence-electron chi connectivity index (χ4n) is 10.7. The van der Waals surface area contributed by atoms with Crippen LogP contribution in [0.1, 0.15) is 87.0 Å². The quantitative estimate of drug-likeness (QED) is 0.339. The number of hydrogen-bond acceptors (Lipinski definition) is 1. The second kappa shape index (κ2) is 9.69. The van der Waals surface area contributed by atoms with Crippen molar-refractivity contribution in [3.05, 3.63) is 80.7 Å². The third-order valence-electron chi connectivity index (χ3n) is 11.1. The molecule has 7 rings (SSSR count). The number of allylic oxidation sites excluding steroid dienone is 4. The Labute approximate surface area is 246 Å². The molecule has 2 aromatic rings. The molecule has 4 bridgehead atoms. The van der Waals surface area contributed by atoms with Crippen LogP contribution in [-0.2, 0) is 24.3 Å². The maximum atomic E-state index is 15.0. The van der Waals surface area contributed by atoms with Crippen molar-refractivity contribution >= 4 is 25.3 Å². The van der Waals surface area contributed by atoms with Gasteiger partial charge in [-0.2, -0.15) is 0 Å². The van der Waals surface area contributed by atoms with Crippen molar-refractivity contribution in [1.29, 1.82) is 0 Å². The monoisotopic (exact) mass is 660 g/mol. The summed E-state index contributed by atoms with van der Waals surface area (Å²) in [5, 5.41) is 0. The van der Waals surface area contributed by atoms with E-state index >= 15 is 0 Å².